The molecule has 0 aliphatic rings. The van der Waals surface area contributed by atoms with Gasteiger partial charge in [0.15, 0.2) is 0 Å². The van der Waals surface area contributed by atoms with Crippen LogP contribution in [-0.2, 0) is 17.3 Å². The van der Waals surface area contributed by atoms with Gasteiger partial charge in [-0.1, -0.05) is 48.5 Å². The first-order valence-corrected chi connectivity index (χ1v) is 10.9. The minimum Gasteiger partial charge on any atom is -0.507 e. The van der Waals surface area contributed by atoms with Crippen molar-refractivity contribution in [3.63, 3.8) is 0 Å². The number of alkyl halides is 3. The molecule has 0 radical (unpaired) electrons. The minimum atomic E-state index is -4.45. The number of phenols is 1. The lowest BCUT2D eigenvalue weighted by molar-refractivity contribution is -0.137. The molecule has 0 fully saturated rings. The summed E-state index contributed by atoms with van der Waals surface area (Å²) in [4.78, 5) is 15.8. The zero-order chi connectivity index (χ0) is 24.7. The third-order valence-corrected chi connectivity index (χ3v) is 6.14. The molecule has 2 N–H and O–H groups in total. The van der Waals surface area contributed by atoms with Gasteiger partial charge in [0, 0.05) is 17.3 Å². The Morgan fingerprint density at radius 3 is 2.31 bits per heavy atom. The fourth-order valence-corrected chi connectivity index (χ4v) is 4.52. The third kappa shape index (κ3) is 3.99. The summed E-state index contributed by atoms with van der Waals surface area (Å²) in [7, 11) is 1.29. The number of esters is 1. The van der Waals surface area contributed by atoms with E-state index >= 15 is 0 Å². The van der Waals surface area contributed by atoms with Crippen LogP contribution in [0, 0.1) is 0 Å². The highest BCUT2D eigenvalue weighted by atomic mass is 19.4. The number of aromatic nitrogens is 1. The highest BCUT2D eigenvalue weighted by Gasteiger charge is 2.30. The molecule has 0 spiro atoms. The average Bonchev–Trinajstić information content (AvgIpc) is 3.26. The smallest absolute Gasteiger partial charge is 0.416 e. The molecule has 4 aromatic carbocycles. The molecule has 0 saturated heterocycles. The molecule has 0 atom stereocenters. The summed E-state index contributed by atoms with van der Waals surface area (Å²) >= 11 is 0. The number of hydrogen-bond acceptors (Lipinski definition) is 3. The Balaban J connectivity index is 1.81. The number of nitrogens with one attached hydrogen (secondary N) is 1. The van der Waals surface area contributed by atoms with Crippen molar-refractivity contribution in [2.75, 3.05) is 7.11 Å². The van der Waals surface area contributed by atoms with E-state index in [9.17, 15) is 23.1 Å². The Bertz CT molecular complexity index is 1550. The Morgan fingerprint density at radius 1 is 0.943 bits per heavy atom. The molecule has 4 nitrogen and oxygen atoms in total. The number of halogens is 3. The Morgan fingerprint density at radius 2 is 1.66 bits per heavy atom. The van der Waals surface area contributed by atoms with Crippen molar-refractivity contribution in [3.8, 4) is 16.9 Å². The first kappa shape index (κ1) is 22.5. The summed E-state index contributed by atoms with van der Waals surface area (Å²) in [6.07, 6.45) is -3.99. The van der Waals surface area contributed by atoms with Crippen molar-refractivity contribution < 1.29 is 27.8 Å². The Hall–Kier alpha value is -4.26. The molecule has 0 unspecified atom stereocenters. The molecular formula is C28H20F3NO3. The molecule has 0 aliphatic carbocycles. The van der Waals surface area contributed by atoms with Crippen molar-refractivity contribution >= 4 is 27.8 Å². The van der Waals surface area contributed by atoms with Gasteiger partial charge in [-0.05, 0) is 52.6 Å². The predicted octanol–water partition coefficient (Wildman–Crippen LogP) is 7.09. The molecule has 1 heterocycles. The highest BCUT2D eigenvalue weighted by Crippen LogP contribution is 2.42. The van der Waals surface area contributed by atoms with E-state index in [-0.39, 0.29) is 5.75 Å². The molecule has 0 saturated carbocycles. The van der Waals surface area contributed by atoms with Crippen LogP contribution < -0.4 is 0 Å². The number of aromatic hydroxyl groups is 1. The quantitative estimate of drug-likeness (QED) is 0.273. The van der Waals surface area contributed by atoms with Crippen LogP contribution in [0.25, 0.3) is 32.9 Å². The molecule has 0 bridgehead atoms. The number of hydrogen-bond donors (Lipinski definition) is 2. The van der Waals surface area contributed by atoms with E-state index in [1.165, 1.54) is 19.2 Å². The van der Waals surface area contributed by atoms with Crippen LogP contribution in [0.3, 0.4) is 0 Å². The van der Waals surface area contributed by atoms with E-state index < -0.39 is 17.7 Å². The van der Waals surface area contributed by atoms with E-state index in [1.54, 1.807) is 24.3 Å². The fourth-order valence-electron chi connectivity index (χ4n) is 4.52. The first-order chi connectivity index (χ1) is 16.8. The van der Waals surface area contributed by atoms with Crippen molar-refractivity contribution in [3.05, 3.63) is 101 Å². The van der Waals surface area contributed by atoms with E-state index in [1.807, 2.05) is 30.3 Å². The second kappa shape index (κ2) is 8.51. The number of rotatable bonds is 4. The predicted molar refractivity (Wildman–Crippen MR) is 128 cm³/mol. The second-order valence-corrected chi connectivity index (χ2v) is 8.25. The van der Waals surface area contributed by atoms with Crippen molar-refractivity contribution in [2.45, 2.75) is 12.6 Å². The van der Waals surface area contributed by atoms with E-state index in [0.717, 1.165) is 23.3 Å². The van der Waals surface area contributed by atoms with Crippen LogP contribution in [0.15, 0.2) is 78.9 Å². The zero-order valence-corrected chi connectivity index (χ0v) is 18.6. The van der Waals surface area contributed by atoms with Gasteiger partial charge in [-0.15, -0.1) is 0 Å². The second-order valence-electron chi connectivity index (χ2n) is 8.25. The summed E-state index contributed by atoms with van der Waals surface area (Å²) < 4.78 is 44.3. The third-order valence-electron chi connectivity index (χ3n) is 6.14. The van der Waals surface area contributed by atoms with Crippen molar-refractivity contribution in [2.24, 2.45) is 0 Å². The number of H-pyrrole nitrogens is 1. The first-order valence-electron chi connectivity index (χ1n) is 10.9. The van der Waals surface area contributed by atoms with E-state index in [4.69, 9.17) is 4.74 Å². The maximum Gasteiger partial charge on any atom is 0.416 e. The van der Waals surface area contributed by atoms with Crippen LogP contribution in [-0.4, -0.2) is 23.2 Å². The molecule has 0 aliphatic heterocycles. The molecule has 5 aromatic rings. The van der Waals surface area contributed by atoms with Gasteiger partial charge in [-0.3, -0.25) is 0 Å². The van der Waals surface area contributed by atoms with Crippen molar-refractivity contribution in [1.82, 2.24) is 4.98 Å². The average molecular weight is 475 g/mol. The topological polar surface area (TPSA) is 62.3 Å². The maximum atomic E-state index is 13.1. The van der Waals surface area contributed by atoms with Gasteiger partial charge in [0.05, 0.1) is 29.1 Å². The summed E-state index contributed by atoms with van der Waals surface area (Å²) in [6.45, 7) is 0. The van der Waals surface area contributed by atoms with Gasteiger partial charge in [0.2, 0.25) is 0 Å². The van der Waals surface area contributed by atoms with Gasteiger partial charge >= 0.3 is 12.1 Å². The van der Waals surface area contributed by atoms with Crippen LogP contribution in [0.4, 0.5) is 13.2 Å². The van der Waals surface area contributed by atoms with Gasteiger partial charge in [0.1, 0.15) is 5.75 Å². The van der Waals surface area contributed by atoms with E-state index in [0.29, 0.717) is 44.9 Å². The largest absolute Gasteiger partial charge is 0.507 e. The summed E-state index contributed by atoms with van der Waals surface area (Å²) in [5.41, 5.74) is 3.71. The number of ether oxygens (including phenoxy) is 1. The number of carbonyl (C=O) groups is 1. The molecule has 176 valence electrons. The molecular weight excluding hydrogens is 455 g/mol. The molecule has 7 heteroatoms. The number of carbonyl (C=O) groups excluding carboxylic acids is 1. The van der Waals surface area contributed by atoms with Gasteiger partial charge in [-0.2, -0.15) is 13.2 Å². The zero-order valence-electron chi connectivity index (χ0n) is 18.6. The van der Waals surface area contributed by atoms with E-state index in [2.05, 4.69) is 4.98 Å². The molecule has 0 amide bonds. The van der Waals surface area contributed by atoms with Crippen LogP contribution in [0.2, 0.25) is 0 Å². The lowest BCUT2D eigenvalue weighted by Crippen LogP contribution is -2.04. The minimum absolute atomic E-state index is 0.0886. The van der Waals surface area contributed by atoms with Gasteiger partial charge in [0.25, 0.3) is 0 Å². The lowest BCUT2D eigenvalue weighted by atomic mass is 9.91. The summed E-state index contributed by atoms with van der Waals surface area (Å²) in [5.74, 6) is -0.623. The van der Waals surface area contributed by atoms with Gasteiger partial charge in [-0.25, -0.2) is 4.79 Å². The SMILES string of the molecule is COC(=O)c1cccc2[nH]c3c(Cc4ccccc4)c(-c4ccc(C(F)(F)F)cc4)cc(O)c3c12. The number of aromatic amines is 1. The summed E-state index contributed by atoms with van der Waals surface area (Å²) in [5, 5.41) is 12.1. The monoisotopic (exact) mass is 475 g/mol. The molecule has 35 heavy (non-hydrogen) atoms. The van der Waals surface area contributed by atoms with Crippen LogP contribution in [0.1, 0.15) is 27.0 Å². The van der Waals surface area contributed by atoms with Crippen LogP contribution in [0.5, 0.6) is 5.75 Å². The molecule has 5 rings (SSSR count). The number of methoxy groups -OCH3 is 1. The highest BCUT2D eigenvalue weighted by molar-refractivity contribution is 6.19. The Labute approximate surface area is 198 Å². The van der Waals surface area contributed by atoms with Gasteiger partial charge < -0.3 is 14.8 Å². The molecule has 1 aromatic heterocycles. The van der Waals surface area contributed by atoms with Crippen LogP contribution >= 0.6 is 0 Å². The normalized spacial score (nSPS) is 11.8. The fraction of sp³-hybridized carbons (Fsp3) is 0.107. The Kier molecular flexibility index (Phi) is 5.47. The number of phenolic OH excluding ortho intramolecular Hbond substituents is 1. The summed E-state index contributed by atoms with van der Waals surface area (Å²) in [6, 6.07) is 21.2. The van der Waals surface area contributed by atoms with Crippen molar-refractivity contribution in [1.29, 1.82) is 0 Å². The lowest BCUT2D eigenvalue weighted by Gasteiger charge is -2.15. The maximum absolute atomic E-state index is 13.1. The number of benzene rings is 4. The standard InChI is InChI=1S/C28H20F3NO3/c1-35-27(34)19-8-5-9-22-24(19)25-23(33)15-20(17-10-12-18(13-11-17)28(29,30)31)21(26(25)32-22)14-16-6-3-2-4-7-16/h2-13,15,32-33H,14H2,1H3. The number of fused-ring (bicyclic) bond motifs is 3.